The molecule has 0 aliphatic carbocycles. The molecule has 20 heavy (non-hydrogen) atoms. The Labute approximate surface area is 118 Å². The molecule has 0 radical (unpaired) electrons. The summed E-state index contributed by atoms with van der Waals surface area (Å²) in [5.74, 6) is -0.880. The summed E-state index contributed by atoms with van der Waals surface area (Å²) in [5, 5.41) is 2.15. The fourth-order valence-corrected chi connectivity index (χ4v) is 2.31. The van der Waals surface area contributed by atoms with Crippen molar-refractivity contribution in [3.8, 4) is 0 Å². The van der Waals surface area contributed by atoms with Crippen molar-refractivity contribution in [2.45, 2.75) is 26.2 Å². The number of ether oxygens (including phenoxy) is 1. The molecule has 0 spiro atoms. The zero-order valence-corrected chi connectivity index (χ0v) is 11.8. The third-order valence-electron chi connectivity index (χ3n) is 3.40. The first-order chi connectivity index (χ1) is 9.63. The predicted molar refractivity (Wildman–Crippen MR) is 78.6 cm³/mol. The summed E-state index contributed by atoms with van der Waals surface area (Å²) in [7, 11) is 0. The lowest BCUT2D eigenvalue weighted by atomic mass is 9.90. The minimum atomic E-state index is -0.454. The van der Waals surface area contributed by atoms with Gasteiger partial charge in [0, 0.05) is 5.92 Å². The molecule has 3 heteroatoms. The van der Waals surface area contributed by atoms with Gasteiger partial charge >= 0.3 is 5.97 Å². The van der Waals surface area contributed by atoms with E-state index < -0.39 is 5.97 Å². The molecular weight excluding hydrogens is 252 g/mol. The van der Waals surface area contributed by atoms with Crippen molar-refractivity contribution in [3.05, 3.63) is 48.0 Å². The van der Waals surface area contributed by atoms with Crippen LogP contribution in [0.1, 0.15) is 31.7 Å². The molecule has 104 valence electrons. The molecule has 0 heterocycles. The fourth-order valence-electron chi connectivity index (χ4n) is 2.31. The Morgan fingerprint density at radius 1 is 1.10 bits per heavy atom. The van der Waals surface area contributed by atoms with Gasteiger partial charge in [-0.25, -0.2) is 0 Å². The van der Waals surface area contributed by atoms with Crippen molar-refractivity contribution in [3.63, 3.8) is 0 Å². The molecule has 0 N–H and O–H groups in total. The van der Waals surface area contributed by atoms with Gasteiger partial charge in [-0.1, -0.05) is 49.4 Å². The van der Waals surface area contributed by atoms with Crippen LogP contribution in [0.3, 0.4) is 0 Å². The molecule has 0 aromatic heterocycles. The van der Waals surface area contributed by atoms with E-state index in [-0.39, 0.29) is 18.1 Å². The molecule has 2 rings (SSSR count). The van der Waals surface area contributed by atoms with E-state index in [9.17, 15) is 9.59 Å². The van der Waals surface area contributed by atoms with Crippen LogP contribution < -0.4 is 0 Å². The maximum atomic E-state index is 12.2. The van der Waals surface area contributed by atoms with Crippen LogP contribution in [-0.2, 0) is 14.3 Å². The van der Waals surface area contributed by atoms with E-state index in [1.807, 2.05) is 49.4 Å². The van der Waals surface area contributed by atoms with Crippen LogP contribution in [0.4, 0.5) is 0 Å². The summed E-state index contributed by atoms with van der Waals surface area (Å²) >= 11 is 0. The van der Waals surface area contributed by atoms with E-state index >= 15 is 0 Å². The number of Topliss-reactive ketones (excluding diaryl/α,β-unsaturated/α-hetero) is 1. The summed E-state index contributed by atoms with van der Waals surface area (Å²) < 4.78 is 4.83. The zero-order chi connectivity index (χ0) is 14.5. The molecule has 3 nitrogen and oxygen atoms in total. The lowest BCUT2D eigenvalue weighted by Crippen LogP contribution is -2.16. The first kappa shape index (κ1) is 14.3. The number of ketones is 1. The van der Waals surface area contributed by atoms with Gasteiger partial charge in [-0.15, -0.1) is 0 Å². The van der Waals surface area contributed by atoms with Gasteiger partial charge in [0.15, 0.2) is 5.78 Å². The largest absolute Gasteiger partial charge is 0.466 e. The number of carbonyl (C=O) groups is 2. The number of carbonyl (C=O) groups excluding carboxylic acids is 2. The third-order valence-corrected chi connectivity index (χ3v) is 3.40. The lowest BCUT2D eigenvalue weighted by Gasteiger charge is -2.13. The van der Waals surface area contributed by atoms with Crippen LogP contribution in [0.2, 0.25) is 0 Å². The van der Waals surface area contributed by atoms with Crippen molar-refractivity contribution < 1.29 is 14.3 Å². The van der Waals surface area contributed by atoms with Crippen molar-refractivity contribution in [2.75, 3.05) is 6.61 Å². The molecule has 0 bridgehead atoms. The van der Waals surface area contributed by atoms with Crippen LogP contribution in [0.15, 0.2) is 42.5 Å². The summed E-state index contributed by atoms with van der Waals surface area (Å²) in [5.41, 5.74) is 0.956. The zero-order valence-electron chi connectivity index (χ0n) is 11.8. The van der Waals surface area contributed by atoms with Gasteiger partial charge in [0.25, 0.3) is 0 Å². The highest BCUT2D eigenvalue weighted by molar-refractivity contribution is 6.01. The van der Waals surface area contributed by atoms with E-state index in [1.54, 1.807) is 6.92 Å². The Morgan fingerprint density at radius 2 is 1.80 bits per heavy atom. The van der Waals surface area contributed by atoms with Crippen LogP contribution in [0, 0.1) is 0 Å². The predicted octanol–water partition coefficient (Wildman–Crippen LogP) is 3.47. The maximum Gasteiger partial charge on any atom is 0.313 e. The molecule has 0 aliphatic heterocycles. The van der Waals surface area contributed by atoms with Crippen LogP contribution in [-0.4, -0.2) is 18.4 Å². The molecular formula is C17H18O3. The van der Waals surface area contributed by atoms with Crippen LogP contribution in [0.5, 0.6) is 0 Å². The highest BCUT2D eigenvalue weighted by atomic mass is 16.5. The topological polar surface area (TPSA) is 43.4 Å². The number of hydrogen-bond acceptors (Lipinski definition) is 3. The molecule has 0 aliphatic rings. The second-order valence-corrected chi connectivity index (χ2v) is 4.74. The van der Waals surface area contributed by atoms with Crippen molar-refractivity contribution in [2.24, 2.45) is 0 Å². The third kappa shape index (κ3) is 3.05. The van der Waals surface area contributed by atoms with Gasteiger partial charge in [0.05, 0.1) is 6.61 Å². The van der Waals surface area contributed by atoms with Crippen LogP contribution in [0.25, 0.3) is 10.8 Å². The minimum absolute atomic E-state index is 0.111. The maximum absolute atomic E-state index is 12.2. The van der Waals surface area contributed by atoms with Gasteiger partial charge in [0.2, 0.25) is 0 Å². The van der Waals surface area contributed by atoms with Gasteiger partial charge < -0.3 is 4.74 Å². The molecule has 2 aromatic rings. The molecule has 0 saturated heterocycles. The van der Waals surface area contributed by atoms with Crippen molar-refractivity contribution in [1.82, 2.24) is 0 Å². The average Bonchev–Trinajstić information content (AvgIpc) is 2.46. The Morgan fingerprint density at radius 3 is 2.55 bits per heavy atom. The number of fused-ring (bicyclic) bond motifs is 1. The van der Waals surface area contributed by atoms with Crippen molar-refractivity contribution in [1.29, 1.82) is 0 Å². The SMILES string of the molecule is CCOC(=O)CC(=O)C(C)c1cccc2ccccc12. The van der Waals surface area contributed by atoms with E-state index in [0.717, 1.165) is 16.3 Å². The summed E-state index contributed by atoms with van der Waals surface area (Å²) in [6.07, 6.45) is -0.168. The molecule has 1 unspecified atom stereocenters. The molecule has 0 saturated carbocycles. The molecule has 2 aromatic carbocycles. The Hall–Kier alpha value is -2.16. The van der Waals surface area contributed by atoms with Gasteiger partial charge in [-0.3, -0.25) is 9.59 Å². The van der Waals surface area contributed by atoms with Crippen molar-refractivity contribution >= 4 is 22.5 Å². The number of hydrogen-bond donors (Lipinski definition) is 0. The Bertz CT molecular complexity index is 626. The first-order valence-corrected chi connectivity index (χ1v) is 6.79. The van der Waals surface area contributed by atoms with Gasteiger partial charge in [-0.05, 0) is 23.3 Å². The highest BCUT2D eigenvalue weighted by Crippen LogP contribution is 2.26. The molecule has 1 atom stereocenters. The smallest absolute Gasteiger partial charge is 0.313 e. The molecule has 0 fully saturated rings. The lowest BCUT2D eigenvalue weighted by molar-refractivity contribution is -0.145. The van der Waals surface area contributed by atoms with E-state index in [0.29, 0.717) is 6.61 Å². The standard InChI is InChI=1S/C17H18O3/c1-3-20-17(19)11-16(18)12(2)14-10-6-8-13-7-4-5-9-15(13)14/h4-10,12H,3,11H2,1-2H3. The van der Waals surface area contributed by atoms with Crippen LogP contribution >= 0.6 is 0 Å². The van der Waals surface area contributed by atoms with Gasteiger partial charge in [0.1, 0.15) is 6.42 Å². The average molecular weight is 270 g/mol. The fraction of sp³-hybridized carbons (Fsp3) is 0.294. The molecule has 0 amide bonds. The number of esters is 1. The highest BCUT2D eigenvalue weighted by Gasteiger charge is 2.20. The monoisotopic (exact) mass is 270 g/mol. The number of rotatable bonds is 5. The van der Waals surface area contributed by atoms with E-state index in [1.165, 1.54) is 0 Å². The minimum Gasteiger partial charge on any atom is -0.466 e. The van der Waals surface area contributed by atoms with Gasteiger partial charge in [-0.2, -0.15) is 0 Å². The van der Waals surface area contributed by atoms with E-state index in [2.05, 4.69) is 0 Å². The quantitative estimate of drug-likeness (QED) is 0.617. The Kier molecular flexibility index (Phi) is 4.51. The second-order valence-electron chi connectivity index (χ2n) is 4.74. The Balaban J connectivity index is 2.25. The summed E-state index contributed by atoms with van der Waals surface area (Å²) in [4.78, 5) is 23.6. The second kappa shape index (κ2) is 6.33. The summed E-state index contributed by atoms with van der Waals surface area (Å²) in [6, 6.07) is 13.8. The first-order valence-electron chi connectivity index (χ1n) is 6.79. The van der Waals surface area contributed by atoms with E-state index in [4.69, 9.17) is 4.74 Å². The number of benzene rings is 2. The normalized spacial score (nSPS) is 12.1. The summed E-state index contributed by atoms with van der Waals surface area (Å²) in [6.45, 7) is 3.87.